The lowest BCUT2D eigenvalue weighted by molar-refractivity contribution is -0.145. The van der Waals surface area contributed by atoms with E-state index in [1.54, 1.807) is 19.1 Å². The van der Waals surface area contributed by atoms with Gasteiger partial charge in [0.1, 0.15) is 30.7 Å². The van der Waals surface area contributed by atoms with Crippen molar-refractivity contribution in [1.82, 2.24) is 24.6 Å². The van der Waals surface area contributed by atoms with E-state index in [0.717, 1.165) is 38.1 Å². The van der Waals surface area contributed by atoms with Gasteiger partial charge in [0, 0.05) is 24.6 Å². The van der Waals surface area contributed by atoms with Gasteiger partial charge in [-0.15, -0.1) is 6.42 Å². The number of alkyl halides is 3. The molecule has 6 atom stereocenters. The highest BCUT2D eigenvalue weighted by atomic mass is 31.2. The third kappa shape index (κ3) is 15.1. The number of nitrogens with zero attached hydrogens (tertiary/aromatic N) is 5. The fourth-order valence-corrected chi connectivity index (χ4v) is 7.75. The molecule has 0 aliphatic carbocycles. The van der Waals surface area contributed by atoms with Gasteiger partial charge in [-0.1, -0.05) is 109 Å². The molecule has 4 rings (SSSR count). The summed E-state index contributed by atoms with van der Waals surface area (Å²) < 4.78 is 81.2. The Morgan fingerprint density at radius 2 is 1.51 bits per heavy atom. The molecule has 0 aromatic carbocycles. The molecule has 330 valence electrons. The second-order valence-corrected chi connectivity index (χ2v) is 16.6. The van der Waals surface area contributed by atoms with Gasteiger partial charge in [0.05, 0.1) is 43.3 Å². The first-order valence-corrected chi connectivity index (χ1v) is 22.3. The summed E-state index contributed by atoms with van der Waals surface area (Å²) in [5.41, 5.74) is -0.205. The number of halogens is 3. The van der Waals surface area contributed by atoms with Crippen LogP contribution in [0.2, 0.25) is 0 Å². The van der Waals surface area contributed by atoms with Gasteiger partial charge < -0.3 is 29.3 Å². The number of fused-ring (bicyclic) bond motifs is 1. The Bertz CT molecular complexity index is 1760. The molecule has 0 saturated carbocycles. The van der Waals surface area contributed by atoms with E-state index in [0.29, 0.717) is 17.8 Å². The van der Waals surface area contributed by atoms with Crippen molar-refractivity contribution in [2.24, 2.45) is 0 Å². The number of ether oxygens (including phenoxy) is 3. The van der Waals surface area contributed by atoms with E-state index in [2.05, 4.69) is 32.9 Å². The Morgan fingerprint density at radius 1 is 0.915 bits per heavy atom. The minimum absolute atomic E-state index is 0.0597. The zero-order valence-corrected chi connectivity index (χ0v) is 35.1. The summed E-state index contributed by atoms with van der Waals surface area (Å²) in [5.74, 6) is 1.11. The van der Waals surface area contributed by atoms with Crippen LogP contribution in [0.1, 0.15) is 132 Å². The molecule has 0 spiro atoms. The number of phosphoric ester groups is 1. The Balaban J connectivity index is 1.20. The molecule has 0 radical (unpaired) electrons. The normalized spacial score (nSPS) is 21.2. The maximum Gasteiger partial charge on any atom is 0.472 e. The summed E-state index contributed by atoms with van der Waals surface area (Å²) in [7, 11) is -4.84. The number of hydrogen-bond acceptors (Lipinski definition) is 12. The van der Waals surface area contributed by atoms with Crippen LogP contribution in [-0.2, 0) is 46.2 Å². The third-order valence-electron chi connectivity index (χ3n) is 10.4. The zero-order valence-electron chi connectivity index (χ0n) is 34.2. The van der Waals surface area contributed by atoms with Crippen molar-refractivity contribution in [2.75, 3.05) is 26.4 Å². The summed E-state index contributed by atoms with van der Waals surface area (Å²) in [5, 5.41) is 26.1. The van der Waals surface area contributed by atoms with Gasteiger partial charge in [-0.3, -0.25) is 9.05 Å². The number of terminal acetylenes is 1. The van der Waals surface area contributed by atoms with Gasteiger partial charge in [0.25, 0.3) is 0 Å². The van der Waals surface area contributed by atoms with Gasteiger partial charge in [-0.25, -0.2) is 24.0 Å². The number of aromatic nitrogens is 5. The number of hydrogen-bond donors (Lipinski definition) is 3. The highest BCUT2D eigenvalue weighted by molar-refractivity contribution is 7.47. The lowest BCUT2D eigenvalue weighted by atomic mass is 9.92. The van der Waals surface area contributed by atoms with Crippen molar-refractivity contribution in [3.63, 3.8) is 0 Å². The molecular weight excluding hydrogens is 794 g/mol. The summed E-state index contributed by atoms with van der Waals surface area (Å²) in [4.78, 5) is 21.4. The van der Waals surface area contributed by atoms with Crippen LogP contribution in [0.4, 0.5) is 13.2 Å². The monoisotopic (exact) mass is 855 g/mol. The maximum atomic E-state index is 13.0. The molecule has 0 bridgehead atoms. The third-order valence-corrected chi connectivity index (χ3v) is 11.4. The minimum Gasteiger partial charge on any atom is -0.387 e. The first-order chi connectivity index (χ1) is 28.3. The summed E-state index contributed by atoms with van der Waals surface area (Å²) >= 11 is 0. The molecular formula is C41H61F3N5O9P. The Morgan fingerprint density at radius 3 is 2.08 bits per heavy atom. The molecule has 1 fully saturated rings. The summed E-state index contributed by atoms with van der Waals surface area (Å²) in [6, 6.07) is 3.26. The molecule has 4 heterocycles. The number of aliphatic hydroxyl groups is 2. The van der Waals surface area contributed by atoms with Crippen LogP contribution in [0.5, 0.6) is 0 Å². The van der Waals surface area contributed by atoms with E-state index in [1.807, 2.05) is 0 Å². The van der Waals surface area contributed by atoms with E-state index >= 15 is 0 Å². The maximum absolute atomic E-state index is 13.0. The van der Waals surface area contributed by atoms with Gasteiger partial charge >= 0.3 is 14.0 Å². The van der Waals surface area contributed by atoms with Crippen LogP contribution in [0, 0.1) is 19.3 Å². The highest BCUT2D eigenvalue weighted by Gasteiger charge is 2.56. The highest BCUT2D eigenvalue weighted by Crippen LogP contribution is 2.46. The Labute approximate surface area is 345 Å². The van der Waals surface area contributed by atoms with Crippen molar-refractivity contribution in [2.45, 2.75) is 159 Å². The number of unbranched alkanes of at least 4 members (excludes halogenated alkanes) is 15. The lowest BCUT2D eigenvalue weighted by Crippen LogP contribution is -2.41. The van der Waals surface area contributed by atoms with E-state index in [-0.39, 0.29) is 24.5 Å². The zero-order chi connectivity index (χ0) is 42.7. The Kier molecular flexibility index (Phi) is 20.1. The van der Waals surface area contributed by atoms with Crippen molar-refractivity contribution in [3.05, 3.63) is 53.6 Å². The van der Waals surface area contributed by atoms with Crippen molar-refractivity contribution in [1.29, 1.82) is 0 Å². The molecule has 1 aliphatic rings. The SMILES string of the molecule is C#C[C@@]1(c2ccc3c(C)ncnn23)O[C@H](COP(=O)(O)OC[C@@H](COCCCCCCCCCCCCCCCCCC)OCc2cnc(C(F)(F)F)nc2)[C@@H](O)[C@H]1O. The molecule has 1 aliphatic heterocycles. The van der Waals surface area contributed by atoms with Gasteiger partial charge in [-0.05, 0) is 25.5 Å². The largest absolute Gasteiger partial charge is 0.472 e. The van der Waals surface area contributed by atoms with Gasteiger partial charge in [0.2, 0.25) is 5.82 Å². The number of aryl methyl sites for hydroxylation is 1. The number of aliphatic hydroxyl groups excluding tert-OH is 2. The summed E-state index contributed by atoms with van der Waals surface area (Å²) in [6.07, 6.45) is 18.6. The molecule has 3 aromatic rings. The first kappa shape index (κ1) is 48.6. The van der Waals surface area contributed by atoms with Crippen LogP contribution in [-0.4, -0.2) is 90.5 Å². The predicted molar refractivity (Wildman–Crippen MR) is 213 cm³/mol. The fraction of sp³-hybridized carbons (Fsp3) is 0.707. The molecule has 0 amide bonds. The van der Waals surface area contributed by atoms with E-state index in [4.69, 9.17) is 29.7 Å². The second-order valence-electron chi connectivity index (χ2n) is 15.1. The topological polar surface area (TPSA) is 180 Å². The van der Waals surface area contributed by atoms with Gasteiger partial charge in [0.15, 0.2) is 5.60 Å². The fourth-order valence-electron chi connectivity index (χ4n) is 6.98. The molecule has 3 aromatic heterocycles. The average Bonchev–Trinajstić information content (AvgIpc) is 3.76. The smallest absolute Gasteiger partial charge is 0.387 e. The van der Waals surface area contributed by atoms with E-state index in [9.17, 15) is 32.8 Å². The van der Waals surface area contributed by atoms with Crippen molar-refractivity contribution >= 4 is 13.3 Å². The van der Waals surface area contributed by atoms with Crippen LogP contribution < -0.4 is 0 Å². The summed E-state index contributed by atoms with van der Waals surface area (Å²) in [6.45, 7) is 2.89. The predicted octanol–water partition coefficient (Wildman–Crippen LogP) is 7.79. The van der Waals surface area contributed by atoms with Crippen LogP contribution in [0.25, 0.3) is 5.52 Å². The quantitative estimate of drug-likeness (QED) is 0.0350. The molecule has 3 N–H and O–H groups in total. The van der Waals surface area contributed by atoms with Gasteiger partial charge in [-0.2, -0.15) is 18.3 Å². The Hall–Kier alpha value is -3.04. The van der Waals surface area contributed by atoms with Crippen LogP contribution in [0.3, 0.4) is 0 Å². The van der Waals surface area contributed by atoms with Crippen molar-refractivity contribution in [3.8, 4) is 12.3 Å². The standard InChI is InChI=1S/C41H61F3N5O9P/c1-4-6-7-8-9-10-11-12-13-14-15-16-17-18-19-20-23-54-27-33(55-26-32-24-45-39(46-25-32)41(42,43)44)28-56-59(52,53)57-29-35-37(50)38(51)40(5-2,58-35)36-22-21-34-31(3)47-30-48-49(34)36/h2,21-22,24-25,30,33,35,37-38,50-51H,4,6-20,23,26-29H2,1,3H3,(H,52,53)/t33-,35-,37-,38-,40+/m1/s1. The number of phosphoric acid groups is 1. The molecule has 14 nitrogen and oxygen atoms in total. The molecule has 18 heteroatoms. The van der Waals surface area contributed by atoms with E-state index in [1.165, 1.54) is 87.9 Å². The first-order valence-electron chi connectivity index (χ1n) is 20.8. The molecule has 59 heavy (non-hydrogen) atoms. The van der Waals surface area contributed by atoms with Crippen LogP contribution in [0.15, 0.2) is 30.9 Å². The van der Waals surface area contributed by atoms with Crippen LogP contribution >= 0.6 is 7.82 Å². The molecule has 1 unspecified atom stereocenters. The minimum atomic E-state index is -4.84. The number of rotatable bonds is 29. The lowest BCUT2D eigenvalue weighted by Gasteiger charge is -2.26. The average molecular weight is 856 g/mol. The van der Waals surface area contributed by atoms with E-state index < -0.39 is 63.1 Å². The second kappa shape index (κ2) is 24.4. The molecule has 1 saturated heterocycles. The van der Waals surface area contributed by atoms with Crippen molar-refractivity contribution < 1.29 is 56.1 Å².